The Hall–Kier alpha value is -3.22. The van der Waals surface area contributed by atoms with Gasteiger partial charge in [0, 0.05) is 25.9 Å². The van der Waals surface area contributed by atoms with E-state index in [0.29, 0.717) is 27.9 Å². The predicted octanol–water partition coefficient (Wildman–Crippen LogP) is 2.73. The van der Waals surface area contributed by atoms with E-state index in [4.69, 9.17) is 4.74 Å². The fourth-order valence-corrected chi connectivity index (χ4v) is 3.48. The summed E-state index contributed by atoms with van der Waals surface area (Å²) in [6.45, 7) is 3.56. The fourth-order valence-electron chi connectivity index (χ4n) is 3.21. The molecule has 3 aromatic rings. The van der Waals surface area contributed by atoms with E-state index in [9.17, 15) is 14.4 Å². The second kappa shape index (κ2) is 9.29. The molecule has 162 valence electrons. The first-order valence-corrected chi connectivity index (χ1v) is 10.8. The molecule has 0 saturated carbocycles. The Morgan fingerprint density at radius 2 is 1.87 bits per heavy atom. The van der Waals surface area contributed by atoms with Crippen LogP contribution in [0.2, 0.25) is 0 Å². The van der Waals surface area contributed by atoms with Gasteiger partial charge in [0.15, 0.2) is 5.82 Å². The van der Waals surface area contributed by atoms with Crippen LogP contribution < -0.4 is 15.5 Å². The first-order valence-electron chi connectivity index (χ1n) is 9.24. The summed E-state index contributed by atoms with van der Waals surface area (Å²) < 4.78 is 6.89. The van der Waals surface area contributed by atoms with Crippen molar-refractivity contribution in [3.63, 3.8) is 0 Å². The Kier molecular flexibility index (Phi) is 6.73. The van der Waals surface area contributed by atoms with Crippen molar-refractivity contribution in [3.8, 4) is 0 Å². The maximum atomic E-state index is 13.0. The van der Waals surface area contributed by atoms with Gasteiger partial charge in [-0.25, -0.2) is 19.2 Å². The van der Waals surface area contributed by atoms with E-state index in [1.54, 1.807) is 31.3 Å². The number of hydrogen-bond acceptors (Lipinski definition) is 6. The zero-order valence-electron chi connectivity index (χ0n) is 17.4. The molecule has 2 heterocycles. The first kappa shape index (κ1) is 22.5. The van der Waals surface area contributed by atoms with Crippen molar-refractivity contribution < 1.29 is 19.1 Å². The summed E-state index contributed by atoms with van der Waals surface area (Å²) >= 11 is 1.92. The number of aryl methyl sites for hydroxylation is 2. The minimum Gasteiger partial charge on any atom is -0.438 e. The molecule has 0 aliphatic heterocycles. The quantitative estimate of drug-likeness (QED) is 0.383. The second-order valence-corrected chi connectivity index (χ2v) is 7.18. The standard InChI is InChI=1S/C20H21IN6O4/c1-11-5-6-13(18(28)22-3)7-15(11)27(20(30)31-9-21)17-16-12(2)14(19(29)23-4)8-26(16)25-10-24-17/h5-8,10H,9H2,1-4H3,(H,22,28)(H,23,29). The topological polar surface area (TPSA) is 118 Å². The van der Waals surface area contributed by atoms with Crippen LogP contribution in [0, 0.1) is 13.8 Å². The normalized spacial score (nSPS) is 10.6. The second-order valence-electron chi connectivity index (χ2n) is 6.56. The molecule has 2 aromatic heterocycles. The van der Waals surface area contributed by atoms with E-state index in [1.807, 2.05) is 29.5 Å². The largest absolute Gasteiger partial charge is 0.438 e. The van der Waals surface area contributed by atoms with Crippen molar-refractivity contribution in [1.29, 1.82) is 0 Å². The molecular formula is C20H21IN6O4. The van der Waals surface area contributed by atoms with Crippen molar-refractivity contribution in [2.75, 3.05) is 23.6 Å². The van der Waals surface area contributed by atoms with Gasteiger partial charge in [-0.15, -0.1) is 0 Å². The lowest BCUT2D eigenvalue weighted by Gasteiger charge is -2.24. The molecule has 0 radical (unpaired) electrons. The molecule has 31 heavy (non-hydrogen) atoms. The average molecular weight is 536 g/mol. The number of amides is 3. The lowest BCUT2D eigenvalue weighted by atomic mass is 10.1. The molecule has 3 rings (SSSR count). The van der Waals surface area contributed by atoms with Gasteiger partial charge in [-0.2, -0.15) is 5.10 Å². The van der Waals surface area contributed by atoms with Crippen molar-refractivity contribution in [2.45, 2.75) is 13.8 Å². The van der Waals surface area contributed by atoms with E-state index < -0.39 is 6.09 Å². The van der Waals surface area contributed by atoms with Crippen LogP contribution in [0.15, 0.2) is 30.7 Å². The number of hydrogen-bond donors (Lipinski definition) is 2. The molecule has 10 nitrogen and oxygen atoms in total. The van der Waals surface area contributed by atoms with E-state index in [0.717, 1.165) is 5.56 Å². The first-order chi connectivity index (χ1) is 14.8. The highest BCUT2D eigenvalue weighted by Crippen LogP contribution is 2.34. The number of carbonyl (C=O) groups is 3. The van der Waals surface area contributed by atoms with Crippen LogP contribution in [0.4, 0.5) is 16.3 Å². The third kappa shape index (κ3) is 4.17. The van der Waals surface area contributed by atoms with Crippen LogP contribution in [0.3, 0.4) is 0 Å². The third-order valence-electron chi connectivity index (χ3n) is 4.79. The highest BCUT2D eigenvalue weighted by atomic mass is 127. The maximum Gasteiger partial charge on any atom is 0.421 e. The minimum atomic E-state index is -0.672. The van der Waals surface area contributed by atoms with Gasteiger partial charge in [0.25, 0.3) is 11.8 Å². The Labute approximate surface area is 192 Å². The average Bonchev–Trinajstić information content (AvgIpc) is 3.11. The molecule has 0 saturated heterocycles. The van der Waals surface area contributed by atoms with Crippen LogP contribution >= 0.6 is 22.6 Å². The molecule has 2 N–H and O–H groups in total. The van der Waals surface area contributed by atoms with Gasteiger partial charge < -0.3 is 15.4 Å². The molecule has 1 aromatic carbocycles. The highest BCUT2D eigenvalue weighted by Gasteiger charge is 2.28. The van der Waals surface area contributed by atoms with E-state index in [2.05, 4.69) is 20.7 Å². The van der Waals surface area contributed by atoms with Crippen LogP contribution in [0.1, 0.15) is 31.8 Å². The number of ether oxygens (including phenoxy) is 1. The van der Waals surface area contributed by atoms with Gasteiger partial charge >= 0.3 is 6.09 Å². The number of anilines is 2. The van der Waals surface area contributed by atoms with Gasteiger partial charge in [0.2, 0.25) is 0 Å². The number of nitrogens with zero attached hydrogens (tertiary/aromatic N) is 4. The number of rotatable bonds is 5. The number of aromatic nitrogens is 3. The summed E-state index contributed by atoms with van der Waals surface area (Å²) in [6, 6.07) is 5.00. The summed E-state index contributed by atoms with van der Waals surface area (Å²) in [5, 5.41) is 9.35. The molecule has 0 fully saturated rings. The number of carbonyl (C=O) groups excluding carboxylic acids is 3. The molecule has 11 heteroatoms. The molecule has 0 bridgehead atoms. The van der Waals surface area contributed by atoms with Crippen LogP contribution in [0.25, 0.3) is 5.52 Å². The SMILES string of the molecule is CNC(=O)c1ccc(C)c(N(C(=O)OCI)c2ncnn3cc(C(=O)NC)c(C)c23)c1. The summed E-state index contributed by atoms with van der Waals surface area (Å²) in [6.07, 6.45) is 2.19. The van der Waals surface area contributed by atoms with Crippen molar-refractivity contribution in [1.82, 2.24) is 25.2 Å². The minimum absolute atomic E-state index is 0.117. The van der Waals surface area contributed by atoms with Gasteiger partial charge in [0.05, 0.1) is 11.3 Å². The van der Waals surface area contributed by atoms with Gasteiger partial charge in [-0.05, 0) is 59.7 Å². The molecule has 3 amide bonds. The van der Waals surface area contributed by atoms with Gasteiger partial charge in [-0.1, -0.05) is 6.07 Å². The van der Waals surface area contributed by atoms with E-state index in [1.165, 1.54) is 29.8 Å². The van der Waals surface area contributed by atoms with Crippen LogP contribution in [0.5, 0.6) is 0 Å². The summed E-state index contributed by atoms with van der Waals surface area (Å²) in [5.74, 6) is -0.347. The van der Waals surface area contributed by atoms with E-state index in [-0.39, 0.29) is 22.2 Å². The third-order valence-corrected chi connectivity index (χ3v) is 5.10. The summed E-state index contributed by atoms with van der Waals surface area (Å²) in [4.78, 5) is 43.1. The monoisotopic (exact) mass is 536 g/mol. The summed E-state index contributed by atoms with van der Waals surface area (Å²) in [7, 11) is 3.07. The predicted molar refractivity (Wildman–Crippen MR) is 123 cm³/mol. The zero-order valence-corrected chi connectivity index (χ0v) is 19.6. The van der Waals surface area contributed by atoms with Crippen molar-refractivity contribution >= 4 is 57.5 Å². The van der Waals surface area contributed by atoms with Crippen LogP contribution in [-0.2, 0) is 4.74 Å². The van der Waals surface area contributed by atoms with Crippen molar-refractivity contribution in [2.24, 2.45) is 0 Å². The van der Waals surface area contributed by atoms with Gasteiger partial charge in [-0.3, -0.25) is 9.59 Å². The molecule has 0 atom stereocenters. The number of benzene rings is 1. The maximum absolute atomic E-state index is 13.0. The molecule has 0 aliphatic carbocycles. The lowest BCUT2D eigenvalue weighted by Crippen LogP contribution is -2.29. The number of alkyl halides is 1. The van der Waals surface area contributed by atoms with Gasteiger partial charge in [0.1, 0.15) is 16.5 Å². The Morgan fingerprint density at radius 1 is 1.16 bits per heavy atom. The Balaban J connectivity index is 2.30. The molecular weight excluding hydrogens is 515 g/mol. The lowest BCUT2D eigenvalue weighted by molar-refractivity contribution is 0.0954. The fraction of sp³-hybridized carbons (Fsp3) is 0.250. The molecule has 0 spiro atoms. The molecule has 0 aliphatic rings. The highest BCUT2D eigenvalue weighted by molar-refractivity contribution is 14.1. The Morgan fingerprint density at radius 3 is 2.52 bits per heavy atom. The van der Waals surface area contributed by atoms with Crippen LogP contribution in [-0.4, -0.2) is 51.2 Å². The number of halogens is 1. The Bertz CT molecular complexity index is 1180. The van der Waals surface area contributed by atoms with Crippen molar-refractivity contribution in [3.05, 3.63) is 53.0 Å². The number of nitrogens with one attached hydrogen (secondary N) is 2. The summed E-state index contributed by atoms with van der Waals surface area (Å²) in [5.41, 5.74) is 3.00. The number of fused-ring (bicyclic) bond motifs is 1. The molecule has 0 unspecified atom stereocenters. The smallest absolute Gasteiger partial charge is 0.421 e. The zero-order chi connectivity index (χ0) is 22.7. The van der Waals surface area contributed by atoms with E-state index >= 15 is 0 Å².